The molecular weight excluding hydrogens is 176 g/mol. The van der Waals surface area contributed by atoms with Gasteiger partial charge in [-0.25, -0.2) is 0 Å². The van der Waals surface area contributed by atoms with Crippen molar-refractivity contribution in [3.8, 4) is 12.1 Å². The van der Waals surface area contributed by atoms with Gasteiger partial charge in [-0.15, -0.1) is 0 Å². The van der Waals surface area contributed by atoms with Gasteiger partial charge >= 0.3 is 0 Å². The van der Waals surface area contributed by atoms with Crippen LogP contribution >= 0.6 is 0 Å². The molecule has 3 nitrogen and oxygen atoms in total. The maximum Gasteiger partial charge on any atom is 0.182 e. The Kier molecular flexibility index (Phi) is 1.80. The number of benzene rings is 1. The largest absolute Gasteiger partial charge is 0.293 e. The summed E-state index contributed by atoms with van der Waals surface area (Å²) in [6.07, 6.45) is 0. The molecule has 0 aliphatic heterocycles. The zero-order chi connectivity index (χ0) is 10.1. The Bertz CT molecular complexity index is 479. The highest BCUT2D eigenvalue weighted by molar-refractivity contribution is 6.05. The van der Waals surface area contributed by atoms with Crippen LogP contribution in [0.3, 0.4) is 0 Å². The smallest absolute Gasteiger partial charge is 0.182 e. The maximum absolute atomic E-state index is 11.6. The number of carbonyl (C=O) groups is 1. The fourth-order valence-corrected chi connectivity index (χ4v) is 1.77. The van der Waals surface area contributed by atoms with Crippen molar-refractivity contribution in [3.05, 3.63) is 35.4 Å². The summed E-state index contributed by atoms with van der Waals surface area (Å²) < 4.78 is 0. The Morgan fingerprint density at radius 1 is 1.07 bits per heavy atom. The molecule has 0 saturated carbocycles. The standard InChI is InChI=1S/C11H6N2O/c12-5-9-7-3-1-2-4-8(7)11(14)10(9)6-13/h1-4,9-10H. The van der Waals surface area contributed by atoms with Crippen LogP contribution in [0.5, 0.6) is 0 Å². The van der Waals surface area contributed by atoms with Crippen LogP contribution < -0.4 is 0 Å². The number of hydrogen-bond donors (Lipinski definition) is 0. The molecule has 66 valence electrons. The molecule has 2 atom stereocenters. The van der Waals surface area contributed by atoms with Gasteiger partial charge in [0.25, 0.3) is 0 Å². The minimum Gasteiger partial charge on any atom is -0.293 e. The number of fused-ring (bicyclic) bond motifs is 1. The summed E-state index contributed by atoms with van der Waals surface area (Å²) in [7, 11) is 0. The third kappa shape index (κ3) is 0.932. The first-order valence-electron chi connectivity index (χ1n) is 4.22. The van der Waals surface area contributed by atoms with Crippen LogP contribution in [0.2, 0.25) is 0 Å². The lowest BCUT2D eigenvalue weighted by molar-refractivity contribution is 0.0959. The molecule has 1 aromatic rings. The quantitative estimate of drug-likeness (QED) is 0.612. The topological polar surface area (TPSA) is 64.7 Å². The molecule has 0 fully saturated rings. The Morgan fingerprint density at radius 2 is 1.71 bits per heavy atom. The van der Waals surface area contributed by atoms with E-state index in [2.05, 4.69) is 0 Å². The lowest BCUT2D eigenvalue weighted by Crippen LogP contribution is -2.09. The second-order valence-electron chi connectivity index (χ2n) is 3.17. The summed E-state index contributed by atoms with van der Waals surface area (Å²) in [5, 5.41) is 17.7. The van der Waals surface area contributed by atoms with Crippen LogP contribution in [0.15, 0.2) is 24.3 Å². The number of nitrogens with zero attached hydrogens (tertiary/aromatic N) is 2. The molecule has 0 spiro atoms. The minimum absolute atomic E-state index is 0.227. The molecule has 0 heterocycles. The molecule has 0 bridgehead atoms. The Balaban J connectivity index is 2.63. The molecule has 1 aliphatic rings. The number of nitriles is 2. The van der Waals surface area contributed by atoms with Crippen molar-refractivity contribution in [1.29, 1.82) is 10.5 Å². The van der Waals surface area contributed by atoms with Gasteiger partial charge < -0.3 is 0 Å². The van der Waals surface area contributed by atoms with Crippen molar-refractivity contribution >= 4 is 5.78 Å². The summed E-state index contributed by atoms with van der Waals surface area (Å²) >= 11 is 0. The molecule has 14 heavy (non-hydrogen) atoms. The van der Waals surface area contributed by atoms with E-state index in [9.17, 15) is 4.79 Å². The van der Waals surface area contributed by atoms with E-state index in [4.69, 9.17) is 10.5 Å². The van der Waals surface area contributed by atoms with Gasteiger partial charge in [-0.2, -0.15) is 10.5 Å². The third-order valence-electron chi connectivity index (χ3n) is 2.46. The van der Waals surface area contributed by atoms with E-state index in [0.29, 0.717) is 11.1 Å². The third-order valence-corrected chi connectivity index (χ3v) is 2.46. The van der Waals surface area contributed by atoms with Gasteiger partial charge in [0.1, 0.15) is 5.92 Å². The first-order chi connectivity index (χ1) is 6.79. The monoisotopic (exact) mass is 182 g/mol. The van der Waals surface area contributed by atoms with Gasteiger partial charge in [-0.05, 0) is 5.56 Å². The lowest BCUT2D eigenvalue weighted by Gasteiger charge is -2.01. The van der Waals surface area contributed by atoms with Gasteiger partial charge in [-0.3, -0.25) is 4.79 Å². The van der Waals surface area contributed by atoms with E-state index < -0.39 is 11.8 Å². The van der Waals surface area contributed by atoms with E-state index in [1.54, 1.807) is 24.3 Å². The van der Waals surface area contributed by atoms with E-state index in [0.717, 1.165) is 0 Å². The summed E-state index contributed by atoms with van der Waals surface area (Å²) in [6, 6.07) is 10.8. The van der Waals surface area contributed by atoms with Crippen molar-refractivity contribution in [1.82, 2.24) is 0 Å². The van der Waals surface area contributed by atoms with Crippen LogP contribution in [0.1, 0.15) is 21.8 Å². The predicted molar refractivity (Wildman–Crippen MR) is 48.2 cm³/mol. The fourth-order valence-electron chi connectivity index (χ4n) is 1.77. The number of carbonyl (C=O) groups excluding carboxylic acids is 1. The summed E-state index contributed by atoms with van der Waals surface area (Å²) in [6.45, 7) is 0. The number of rotatable bonds is 0. The van der Waals surface area contributed by atoms with Gasteiger partial charge in [0.05, 0.1) is 18.1 Å². The van der Waals surface area contributed by atoms with E-state index in [1.165, 1.54) is 0 Å². The highest BCUT2D eigenvalue weighted by Gasteiger charge is 2.39. The molecule has 1 aliphatic carbocycles. The van der Waals surface area contributed by atoms with Crippen molar-refractivity contribution in [3.63, 3.8) is 0 Å². The van der Waals surface area contributed by atoms with E-state index in [1.807, 2.05) is 12.1 Å². The molecule has 2 rings (SSSR count). The molecule has 0 amide bonds. The first kappa shape index (κ1) is 8.47. The second-order valence-corrected chi connectivity index (χ2v) is 3.17. The number of hydrogen-bond acceptors (Lipinski definition) is 3. The lowest BCUT2D eigenvalue weighted by atomic mass is 9.95. The Morgan fingerprint density at radius 3 is 2.36 bits per heavy atom. The van der Waals surface area contributed by atoms with Crippen LogP contribution in [0, 0.1) is 28.6 Å². The van der Waals surface area contributed by atoms with Crippen molar-refractivity contribution in [2.45, 2.75) is 5.92 Å². The molecular formula is C11H6N2O. The summed E-state index contributed by atoms with van der Waals surface area (Å²) in [5.41, 5.74) is 1.21. The van der Waals surface area contributed by atoms with Gasteiger partial charge in [-0.1, -0.05) is 24.3 Å². The zero-order valence-corrected chi connectivity index (χ0v) is 7.27. The second kappa shape index (κ2) is 2.97. The molecule has 3 heteroatoms. The first-order valence-corrected chi connectivity index (χ1v) is 4.22. The van der Waals surface area contributed by atoms with Crippen LogP contribution in [-0.4, -0.2) is 5.78 Å². The molecule has 1 aromatic carbocycles. The van der Waals surface area contributed by atoms with E-state index >= 15 is 0 Å². The van der Waals surface area contributed by atoms with Crippen LogP contribution in [0.25, 0.3) is 0 Å². The average molecular weight is 182 g/mol. The van der Waals surface area contributed by atoms with E-state index in [-0.39, 0.29) is 5.78 Å². The average Bonchev–Trinajstić information content (AvgIpc) is 2.51. The predicted octanol–water partition coefficient (Wildman–Crippen LogP) is 1.63. The molecule has 0 N–H and O–H groups in total. The van der Waals surface area contributed by atoms with Crippen molar-refractivity contribution in [2.24, 2.45) is 5.92 Å². The Hall–Kier alpha value is -2.13. The molecule has 0 aromatic heterocycles. The number of ketones is 1. The Labute approximate surface area is 81.2 Å². The normalized spacial score (nSPS) is 23.7. The minimum atomic E-state index is -0.822. The fraction of sp³-hybridized carbons (Fsp3) is 0.182. The van der Waals surface area contributed by atoms with Gasteiger partial charge in [0.15, 0.2) is 5.78 Å². The SMILES string of the molecule is N#CC1C(=O)c2ccccc2C1C#N. The summed E-state index contributed by atoms with van der Waals surface area (Å²) in [4.78, 5) is 11.6. The summed E-state index contributed by atoms with van der Waals surface area (Å²) in [5.74, 6) is -1.64. The molecule has 0 saturated heterocycles. The van der Waals surface area contributed by atoms with Crippen LogP contribution in [-0.2, 0) is 0 Å². The van der Waals surface area contributed by atoms with Gasteiger partial charge in [0.2, 0.25) is 0 Å². The van der Waals surface area contributed by atoms with Gasteiger partial charge in [0, 0.05) is 5.56 Å². The number of Topliss-reactive ketones (excluding diaryl/α,β-unsaturated/α-hetero) is 1. The highest BCUT2D eigenvalue weighted by Crippen LogP contribution is 2.36. The molecule has 0 radical (unpaired) electrons. The zero-order valence-electron chi connectivity index (χ0n) is 7.27. The maximum atomic E-state index is 11.6. The van der Waals surface area contributed by atoms with Crippen LogP contribution in [0.4, 0.5) is 0 Å². The van der Waals surface area contributed by atoms with Crippen molar-refractivity contribution < 1.29 is 4.79 Å². The highest BCUT2D eigenvalue weighted by atomic mass is 16.1. The van der Waals surface area contributed by atoms with Crippen molar-refractivity contribution in [2.75, 3.05) is 0 Å². The molecule has 2 unspecified atom stereocenters.